The SMILES string of the molecule is Nc1c(CCO[C@H]2CO2)cccc1[N+](=O)[O-]. The van der Waals surface area contributed by atoms with Gasteiger partial charge >= 0.3 is 0 Å². The molecule has 1 aromatic carbocycles. The fraction of sp³-hybridized carbons (Fsp3) is 0.400. The lowest BCUT2D eigenvalue weighted by atomic mass is 10.1. The molecular weight excluding hydrogens is 212 g/mol. The van der Waals surface area contributed by atoms with Crippen LogP contribution in [-0.2, 0) is 15.9 Å². The van der Waals surface area contributed by atoms with Crippen LogP contribution in [0.5, 0.6) is 0 Å². The predicted octanol–water partition coefficient (Wildman–Crippen LogP) is 1.09. The highest BCUT2D eigenvalue weighted by Crippen LogP contribution is 2.25. The Balaban J connectivity index is 2.01. The third kappa shape index (κ3) is 2.47. The zero-order chi connectivity index (χ0) is 11.5. The normalized spacial score (nSPS) is 18.4. The Hall–Kier alpha value is -1.66. The summed E-state index contributed by atoms with van der Waals surface area (Å²) in [6.45, 7) is 1.08. The van der Waals surface area contributed by atoms with Gasteiger partial charge in [-0.25, -0.2) is 0 Å². The third-order valence-electron chi connectivity index (χ3n) is 2.35. The summed E-state index contributed by atoms with van der Waals surface area (Å²) in [6.07, 6.45) is 0.452. The van der Waals surface area contributed by atoms with E-state index in [1.807, 2.05) is 0 Å². The maximum atomic E-state index is 10.6. The average Bonchev–Trinajstić information content (AvgIpc) is 3.04. The largest absolute Gasteiger partial charge is 0.393 e. The lowest BCUT2D eigenvalue weighted by Crippen LogP contribution is -2.05. The summed E-state index contributed by atoms with van der Waals surface area (Å²) in [6, 6.07) is 4.78. The van der Waals surface area contributed by atoms with E-state index in [4.69, 9.17) is 15.2 Å². The fourth-order valence-corrected chi connectivity index (χ4v) is 1.41. The Kier molecular flexibility index (Phi) is 3.02. The Labute approximate surface area is 92.1 Å². The molecule has 0 bridgehead atoms. The van der Waals surface area contributed by atoms with Gasteiger partial charge in [0.15, 0.2) is 6.29 Å². The molecule has 1 aliphatic heterocycles. The standard InChI is InChI=1S/C10H12N2O4/c11-10-7(4-5-15-9-6-16-9)2-1-3-8(10)12(13)14/h1-3,9H,4-6,11H2/t9-/m1/s1. The number of rotatable bonds is 5. The van der Waals surface area contributed by atoms with Gasteiger partial charge in [-0.1, -0.05) is 12.1 Å². The molecular formula is C10H12N2O4. The lowest BCUT2D eigenvalue weighted by Gasteiger charge is -2.05. The molecule has 1 atom stereocenters. The van der Waals surface area contributed by atoms with E-state index in [2.05, 4.69) is 0 Å². The predicted molar refractivity (Wildman–Crippen MR) is 56.9 cm³/mol. The van der Waals surface area contributed by atoms with Gasteiger partial charge in [-0.3, -0.25) is 10.1 Å². The second-order valence-electron chi connectivity index (χ2n) is 3.49. The highest BCUT2D eigenvalue weighted by Gasteiger charge is 2.23. The summed E-state index contributed by atoms with van der Waals surface area (Å²) < 4.78 is 10.1. The van der Waals surface area contributed by atoms with Gasteiger partial charge < -0.3 is 15.2 Å². The van der Waals surface area contributed by atoms with Crippen molar-refractivity contribution in [3.8, 4) is 0 Å². The van der Waals surface area contributed by atoms with Crippen molar-refractivity contribution >= 4 is 11.4 Å². The molecule has 0 saturated carbocycles. The topological polar surface area (TPSA) is 90.9 Å². The first kappa shape index (κ1) is 10.8. The van der Waals surface area contributed by atoms with Crippen LogP contribution in [-0.4, -0.2) is 24.4 Å². The van der Waals surface area contributed by atoms with E-state index in [1.54, 1.807) is 12.1 Å². The molecule has 1 saturated heterocycles. The van der Waals surface area contributed by atoms with Crippen molar-refractivity contribution in [3.63, 3.8) is 0 Å². The molecule has 0 aliphatic carbocycles. The van der Waals surface area contributed by atoms with Gasteiger partial charge in [-0.2, -0.15) is 0 Å². The number of epoxide rings is 1. The molecule has 0 spiro atoms. The Morgan fingerprint density at radius 1 is 1.62 bits per heavy atom. The van der Waals surface area contributed by atoms with E-state index < -0.39 is 4.92 Å². The van der Waals surface area contributed by atoms with E-state index in [9.17, 15) is 10.1 Å². The number of nitrogen functional groups attached to an aromatic ring is 1. The van der Waals surface area contributed by atoms with Gasteiger partial charge in [0.1, 0.15) is 12.3 Å². The highest BCUT2D eigenvalue weighted by molar-refractivity contribution is 5.62. The summed E-state index contributed by atoms with van der Waals surface area (Å²) in [5.74, 6) is 0. The van der Waals surface area contributed by atoms with Crippen LogP contribution in [0.2, 0.25) is 0 Å². The van der Waals surface area contributed by atoms with Gasteiger partial charge in [-0.15, -0.1) is 0 Å². The van der Waals surface area contributed by atoms with E-state index in [-0.39, 0.29) is 17.7 Å². The van der Waals surface area contributed by atoms with Crippen LogP contribution in [0.4, 0.5) is 11.4 Å². The highest BCUT2D eigenvalue weighted by atomic mass is 16.8. The second-order valence-corrected chi connectivity index (χ2v) is 3.49. The number of ether oxygens (including phenoxy) is 2. The van der Waals surface area contributed by atoms with E-state index >= 15 is 0 Å². The quantitative estimate of drug-likeness (QED) is 0.350. The number of nitro groups is 1. The van der Waals surface area contributed by atoms with Gasteiger partial charge in [0.05, 0.1) is 11.5 Å². The minimum atomic E-state index is -0.482. The first-order chi connectivity index (χ1) is 7.68. The van der Waals surface area contributed by atoms with Crippen molar-refractivity contribution in [3.05, 3.63) is 33.9 Å². The summed E-state index contributed by atoms with van der Waals surface area (Å²) in [5.41, 5.74) is 6.58. The Bertz CT molecular complexity index is 404. The van der Waals surface area contributed by atoms with Crippen LogP contribution >= 0.6 is 0 Å². The smallest absolute Gasteiger partial charge is 0.292 e. The van der Waals surface area contributed by atoms with Crippen molar-refractivity contribution in [2.45, 2.75) is 12.7 Å². The molecule has 1 aromatic rings. The number of hydrogen-bond donors (Lipinski definition) is 1. The second kappa shape index (κ2) is 4.46. The fourth-order valence-electron chi connectivity index (χ4n) is 1.41. The lowest BCUT2D eigenvalue weighted by molar-refractivity contribution is -0.383. The van der Waals surface area contributed by atoms with Gasteiger partial charge in [-0.05, 0) is 12.0 Å². The molecule has 0 aromatic heterocycles. The van der Waals surface area contributed by atoms with Gasteiger partial charge in [0.25, 0.3) is 5.69 Å². The molecule has 86 valence electrons. The molecule has 1 aliphatic rings. The van der Waals surface area contributed by atoms with Crippen LogP contribution < -0.4 is 5.73 Å². The van der Waals surface area contributed by atoms with E-state index in [0.29, 0.717) is 19.6 Å². The van der Waals surface area contributed by atoms with Crippen molar-refractivity contribution < 1.29 is 14.4 Å². The number of benzene rings is 1. The van der Waals surface area contributed by atoms with E-state index in [0.717, 1.165) is 5.56 Å². The molecule has 0 radical (unpaired) electrons. The molecule has 16 heavy (non-hydrogen) atoms. The number of hydrogen-bond acceptors (Lipinski definition) is 5. The average molecular weight is 224 g/mol. The number of para-hydroxylation sites is 1. The molecule has 2 rings (SSSR count). The molecule has 0 amide bonds. The molecule has 1 heterocycles. The van der Waals surface area contributed by atoms with Crippen LogP contribution in [0.25, 0.3) is 0 Å². The monoisotopic (exact) mass is 224 g/mol. The number of nitrogens with two attached hydrogens (primary N) is 1. The minimum absolute atomic E-state index is 0.0554. The maximum Gasteiger partial charge on any atom is 0.292 e. The van der Waals surface area contributed by atoms with Crippen molar-refractivity contribution in [2.24, 2.45) is 0 Å². The van der Waals surface area contributed by atoms with Crippen LogP contribution in [0.1, 0.15) is 5.56 Å². The summed E-state index contributed by atoms with van der Waals surface area (Å²) in [4.78, 5) is 10.2. The summed E-state index contributed by atoms with van der Waals surface area (Å²) in [5, 5.41) is 10.6. The third-order valence-corrected chi connectivity index (χ3v) is 2.35. The first-order valence-corrected chi connectivity index (χ1v) is 4.93. The summed E-state index contributed by atoms with van der Waals surface area (Å²) >= 11 is 0. The van der Waals surface area contributed by atoms with Crippen LogP contribution in [0.15, 0.2) is 18.2 Å². The number of nitrogens with zero attached hydrogens (tertiary/aromatic N) is 1. The summed E-state index contributed by atoms with van der Waals surface area (Å²) in [7, 11) is 0. The molecule has 6 heteroatoms. The Morgan fingerprint density at radius 3 is 3.00 bits per heavy atom. The van der Waals surface area contributed by atoms with E-state index in [1.165, 1.54) is 6.07 Å². The Morgan fingerprint density at radius 2 is 2.38 bits per heavy atom. The molecule has 0 unspecified atom stereocenters. The molecule has 2 N–H and O–H groups in total. The van der Waals surface area contributed by atoms with Crippen molar-refractivity contribution in [2.75, 3.05) is 18.9 Å². The zero-order valence-corrected chi connectivity index (χ0v) is 8.59. The first-order valence-electron chi connectivity index (χ1n) is 4.93. The molecule has 6 nitrogen and oxygen atoms in total. The van der Waals surface area contributed by atoms with Crippen molar-refractivity contribution in [1.29, 1.82) is 0 Å². The minimum Gasteiger partial charge on any atom is -0.393 e. The van der Waals surface area contributed by atoms with Crippen LogP contribution in [0, 0.1) is 10.1 Å². The zero-order valence-electron chi connectivity index (χ0n) is 8.59. The number of anilines is 1. The molecule has 1 fully saturated rings. The number of nitro benzene ring substituents is 1. The van der Waals surface area contributed by atoms with Crippen molar-refractivity contribution in [1.82, 2.24) is 0 Å². The van der Waals surface area contributed by atoms with Gasteiger partial charge in [0.2, 0.25) is 0 Å². The van der Waals surface area contributed by atoms with Crippen LogP contribution in [0.3, 0.4) is 0 Å². The van der Waals surface area contributed by atoms with Gasteiger partial charge in [0, 0.05) is 6.07 Å². The maximum absolute atomic E-state index is 10.6.